The van der Waals surface area contributed by atoms with Crippen molar-refractivity contribution in [2.45, 2.75) is 40.0 Å². The van der Waals surface area contributed by atoms with Gasteiger partial charge in [-0.3, -0.25) is 0 Å². The Labute approximate surface area is 70.6 Å². The Balaban J connectivity index is 2.32. The highest BCUT2D eigenvalue weighted by Gasteiger charge is 2.33. The molecule has 1 fully saturated rings. The summed E-state index contributed by atoms with van der Waals surface area (Å²) in [5, 5.41) is 3.45. The molecule has 0 amide bonds. The average Bonchev–Trinajstić information content (AvgIpc) is 2.25. The highest BCUT2D eigenvalue weighted by atomic mass is 14.9. The molecule has 1 saturated carbocycles. The van der Waals surface area contributed by atoms with Crippen molar-refractivity contribution >= 4 is 0 Å². The van der Waals surface area contributed by atoms with Crippen LogP contribution in [0.5, 0.6) is 0 Å². The molecule has 1 rings (SSSR count). The topological polar surface area (TPSA) is 12.0 Å². The summed E-state index contributed by atoms with van der Waals surface area (Å²) in [6.07, 6.45) is 4.28. The second kappa shape index (κ2) is 3.57. The normalized spacial score (nSPS) is 29.2. The zero-order valence-corrected chi connectivity index (χ0v) is 8.11. The van der Waals surface area contributed by atoms with Crippen LogP contribution in [0.4, 0.5) is 0 Å². The van der Waals surface area contributed by atoms with Gasteiger partial charge in [0, 0.05) is 0 Å². The SMILES string of the molecule is CCNCC1CCCC1(C)C. The Bertz CT molecular complexity index is 118. The Morgan fingerprint density at radius 2 is 2.18 bits per heavy atom. The smallest absolute Gasteiger partial charge is 0.00155 e. The van der Waals surface area contributed by atoms with Gasteiger partial charge in [-0.25, -0.2) is 0 Å². The molecule has 1 heteroatoms. The Kier molecular flexibility index (Phi) is 2.94. The van der Waals surface area contributed by atoms with E-state index in [2.05, 4.69) is 26.1 Å². The van der Waals surface area contributed by atoms with E-state index in [9.17, 15) is 0 Å². The van der Waals surface area contributed by atoms with Gasteiger partial charge in [0.25, 0.3) is 0 Å². The summed E-state index contributed by atoms with van der Waals surface area (Å²) in [4.78, 5) is 0. The van der Waals surface area contributed by atoms with Crippen molar-refractivity contribution in [3.8, 4) is 0 Å². The lowest BCUT2D eigenvalue weighted by Gasteiger charge is -2.26. The summed E-state index contributed by atoms with van der Waals surface area (Å²) >= 11 is 0. The molecule has 0 aromatic rings. The molecule has 1 nitrogen and oxygen atoms in total. The molecule has 0 aromatic heterocycles. The lowest BCUT2D eigenvalue weighted by Crippen LogP contribution is -2.29. The monoisotopic (exact) mass is 155 g/mol. The standard InChI is InChI=1S/C10H21N/c1-4-11-8-9-6-5-7-10(9,2)3/h9,11H,4-8H2,1-3H3. The maximum absolute atomic E-state index is 3.45. The van der Waals surface area contributed by atoms with Crippen LogP contribution in [0.25, 0.3) is 0 Å². The van der Waals surface area contributed by atoms with E-state index in [1.54, 1.807) is 0 Å². The molecule has 1 N–H and O–H groups in total. The predicted molar refractivity (Wildman–Crippen MR) is 49.7 cm³/mol. The molecule has 0 saturated heterocycles. The van der Waals surface area contributed by atoms with Crippen LogP contribution in [0.3, 0.4) is 0 Å². The van der Waals surface area contributed by atoms with Crippen LogP contribution in [0, 0.1) is 11.3 Å². The Morgan fingerprint density at radius 1 is 1.45 bits per heavy atom. The Morgan fingerprint density at radius 3 is 2.64 bits per heavy atom. The zero-order chi connectivity index (χ0) is 8.32. The quantitative estimate of drug-likeness (QED) is 0.660. The van der Waals surface area contributed by atoms with E-state index in [0.29, 0.717) is 5.41 Å². The van der Waals surface area contributed by atoms with Crippen molar-refractivity contribution in [2.24, 2.45) is 11.3 Å². The molecular formula is C10H21N. The summed E-state index contributed by atoms with van der Waals surface area (Å²) in [6, 6.07) is 0. The zero-order valence-electron chi connectivity index (χ0n) is 8.11. The van der Waals surface area contributed by atoms with Crippen LogP contribution in [0.15, 0.2) is 0 Å². The lowest BCUT2D eigenvalue weighted by molar-refractivity contribution is 0.253. The van der Waals surface area contributed by atoms with Gasteiger partial charge in [0.05, 0.1) is 0 Å². The van der Waals surface area contributed by atoms with Crippen LogP contribution in [-0.4, -0.2) is 13.1 Å². The number of nitrogens with one attached hydrogen (secondary N) is 1. The van der Waals surface area contributed by atoms with Gasteiger partial charge in [-0.2, -0.15) is 0 Å². The van der Waals surface area contributed by atoms with E-state index in [0.717, 1.165) is 12.5 Å². The van der Waals surface area contributed by atoms with Gasteiger partial charge >= 0.3 is 0 Å². The van der Waals surface area contributed by atoms with Crippen LogP contribution < -0.4 is 5.32 Å². The van der Waals surface area contributed by atoms with Crippen molar-refractivity contribution in [1.29, 1.82) is 0 Å². The largest absolute Gasteiger partial charge is 0.317 e. The predicted octanol–water partition coefficient (Wildman–Crippen LogP) is 2.42. The lowest BCUT2D eigenvalue weighted by atomic mass is 9.82. The van der Waals surface area contributed by atoms with Gasteiger partial charge in [-0.1, -0.05) is 27.2 Å². The van der Waals surface area contributed by atoms with Gasteiger partial charge in [-0.05, 0) is 37.3 Å². The molecule has 1 aliphatic rings. The minimum absolute atomic E-state index is 0.599. The third-order valence-corrected chi connectivity index (χ3v) is 3.12. The number of hydrogen-bond donors (Lipinski definition) is 1. The first-order valence-corrected chi connectivity index (χ1v) is 4.87. The summed E-state index contributed by atoms with van der Waals surface area (Å²) in [6.45, 7) is 9.34. The summed E-state index contributed by atoms with van der Waals surface area (Å²) in [5.74, 6) is 0.919. The highest BCUT2D eigenvalue weighted by Crippen LogP contribution is 2.41. The van der Waals surface area contributed by atoms with E-state index in [1.165, 1.54) is 25.8 Å². The van der Waals surface area contributed by atoms with Gasteiger partial charge in [-0.15, -0.1) is 0 Å². The first-order valence-electron chi connectivity index (χ1n) is 4.87. The van der Waals surface area contributed by atoms with Gasteiger partial charge in [0.15, 0.2) is 0 Å². The third-order valence-electron chi connectivity index (χ3n) is 3.12. The minimum atomic E-state index is 0.599. The molecule has 0 aromatic carbocycles. The van der Waals surface area contributed by atoms with Crippen LogP contribution in [0.1, 0.15) is 40.0 Å². The van der Waals surface area contributed by atoms with Crippen molar-refractivity contribution in [1.82, 2.24) is 5.32 Å². The maximum atomic E-state index is 3.45. The van der Waals surface area contributed by atoms with Crippen LogP contribution >= 0.6 is 0 Å². The van der Waals surface area contributed by atoms with E-state index in [-0.39, 0.29) is 0 Å². The van der Waals surface area contributed by atoms with Gasteiger partial charge in [0.2, 0.25) is 0 Å². The molecular weight excluding hydrogens is 134 g/mol. The molecule has 0 radical (unpaired) electrons. The average molecular weight is 155 g/mol. The fraction of sp³-hybridized carbons (Fsp3) is 1.00. The van der Waals surface area contributed by atoms with Gasteiger partial charge < -0.3 is 5.32 Å². The van der Waals surface area contributed by atoms with E-state index >= 15 is 0 Å². The molecule has 0 bridgehead atoms. The van der Waals surface area contributed by atoms with Gasteiger partial charge in [0.1, 0.15) is 0 Å². The van der Waals surface area contributed by atoms with E-state index < -0.39 is 0 Å². The molecule has 1 atom stereocenters. The molecule has 0 heterocycles. The van der Waals surface area contributed by atoms with Crippen molar-refractivity contribution in [3.63, 3.8) is 0 Å². The maximum Gasteiger partial charge on any atom is -0.00155 e. The van der Waals surface area contributed by atoms with Crippen LogP contribution in [-0.2, 0) is 0 Å². The molecule has 0 spiro atoms. The third kappa shape index (κ3) is 2.19. The number of rotatable bonds is 3. The van der Waals surface area contributed by atoms with Crippen molar-refractivity contribution < 1.29 is 0 Å². The van der Waals surface area contributed by atoms with E-state index in [1.807, 2.05) is 0 Å². The molecule has 66 valence electrons. The summed E-state index contributed by atoms with van der Waals surface area (Å²) < 4.78 is 0. The van der Waals surface area contributed by atoms with Crippen molar-refractivity contribution in [2.75, 3.05) is 13.1 Å². The summed E-state index contributed by atoms with van der Waals surface area (Å²) in [7, 11) is 0. The second-order valence-electron chi connectivity index (χ2n) is 4.39. The number of hydrogen-bond acceptors (Lipinski definition) is 1. The molecule has 1 unspecified atom stereocenters. The fourth-order valence-corrected chi connectivity index (χ4v) is 2.10. The second-order valence-corrected chi connectivity index (χ2v) is 4.39. The van der Waals surface area contributed by atoms with E-state index in [4.69, 9.17) is 0 Å². The first kappa shape index (κ1) is 9.05. The highest BCUT2D eigenvalue weighted by molar-refractivity contribution is 4.85. The molecule has 1 aliphatic carbocycles. The minimum Gasteiger partial charge on any atom is -0.317 e. The van der Waals surface area contributed by atoms with Crippen molar-refractivity contribution in [3.05, 3.63) is 0 Å². The molecule has 0 aliphatic heterocycles. The Hall–Kier alpha value is -0.0400. The first-order chi connectivity index (χ1) is 5.17. The summed E-state index contributed by atoms with van der Waals surface area (Å²) in [5.41, 5.74) is 0.599. The fourth-order valence-electron chi connectivity index (χ4n) is 2.10. The van der Waals surface area contributed by atoms with Crippen LogP contribution in [0.2, 0.25) is 0 Å². The molecule has 11 heavy (non-hydrogen) atoms.